The lowest BCUT2D eigenvalue weighted by Crippen LogP contribution is -3.00. The van der Waals surface area contributed by atoms with Crippen LogP contribution in [0, 0.1) is 0 Å². The van der Waals surface area contributed by atoms with Crippen molar-refractivity contribution in [2.24, 2.45) is 7.05 Å². The van der Waals surface area contributed by atoms with Crippen LogP contribution in [-0.4, -0.2) is 5.78 Å². The van der Waals surface area contributed by atoms with Crippen LogP contribution < -0.4 is 28.5 Å². The Kier molecular flexibility index (Phi) is 5.53. The molecule has 1 rings (SSSR count). The summed E-state index contributed by atoms with van der Waals surface area (Å²) in [7, 11) is 1.96. The number of allylic oxidation sites excluding steroid dienone is 1. The van der Waals surface area contributed by atoms with Gasteiger partial charge in [0.15, 0.2) is 18.2 Å². The number of pyridine rings is 1. The number of ketones is 1. The van der Waals surface area contributed by atoms with E-state index < -0.39 is 0 Å². The van der Waals surface area contributed by atoms with Crippen LogP contribution in [0.25, 0.3) is 6.08 Å². The predicted molar refractivity (Wildman–Crippen MR) is 47.3 cm³/mol. The van der Waals surface area contributed by atoms with Crippen LogP contribution in [0.5, 0.6) is 0 Å². The standard InChI is InChI=1S/C10H12NO.HI/c1-9(12)3-4-10-5-7-11(2)8-6-10;/h3-8H,1-2H3;1H/q+1;/p-1/b4-3-;. The van der Waals surface area contributed by atoms with Crippen LogP contribution in [0.15, 0.2) is 30.6 Å². The largest absolute Gasteiger partial charge is 1.00 e. The van der Waals surface area contributed by atoms with E-state index in [-0.39, 0.29) is 29.8 Å². The second-order valence-electron chi connectivity index (χ2n) is 2.74. The van der Waals surface area contributed by atoms with Gasteiger partial charge in [0.1, 0.15) is 7.05 Å². The lowest BCUT2D eigenvalue weighted by Gasteiger charge is -1.89. The van der Waals surface area contributed by atoms with Crippen LogP contribution in [0.3, 0.4) is 0 Å². The highest BCUT2D eigenvalue weighted by Gasteiger charge is 1.91. The lowest BCUT2D eigenvalue weighted by atomic mass is 10.2. The third-order valence-electron chi connectivity index (χ3n) is 1.51. The van der Waals surface area contributed by atoms with E-state index in [0.717, 1.165) is 5.56 Å². The third-order valence-corrected chi connectivity index (χ3v) is 1.51. The Morgan fingerprint density at radius 1 is 1.38 bits per heavy atom. The summed E-state index contributed by atoms with van der Waals surface area (Å²) >= 11 is 0. The molecule has 1 heterocycles. The molecule has 0 aliphatic carbocycles. The summed E-state index contributed by atoms with van der Waals surface area (Å²) in [5.74, 6) is 0.0724. The van der Waals surface area contributed by atoms with Gasteiger partial charge in [0.05, 0.1) is 0 Å². The molecule has 0 aliphatic heterocycles. The van der Waals surface area contributed by atoms with Gasteiger partial charge in [0.2, 0.25) is 0 Å². The van der Waals surface area contributed by atoms with Crippen molar-refractivity contribution in [1.29, 1.82) is 0 Å². The van der Waals surface area contributed by atoms with Gasteiger partial charge in [-0.3, -0.25) is 4.79 Å². The van der Waals surface area contributed by atoms with Gasteiger partial charge in [-0.15, -0.1) is 0 Å². The zero-order chi connectivity index (χ0) is 8.97. The maximum atomic E-state index is 10.6. The van der Waals surface area contributed by atoms with Gasteiger partial charge in [-0.05, 0) is 18.6 Å². The molecule has 0 saturated heterocycles. The summed E-state index contributed by atoms with van der Waals surface area (Å²) < 4.78 is 1.95. The van der Waals surface area contributed by atoms with E-state index in [1.54, 1.807) is 13.0 Å². The number of halogens is 1. The first kappa shape index (κ1) is 12.3. The first-order valence-corrected chi connectivity index (χ1v) is 3.82. The fraction of sp³-hybridized carbons (Fsp3) is 0.200. The summed E-state index contributed by atoms with van der Waals surface area (Å²) in [5, 5.41) is 0. The van der Waals surface area contributed by atoms with Crippen molar-refractivity contribution < 1.29 is 33.3 Å². The van der Waals surface area contributed by atoms with Gasteiger partial charge in [-0.1, -0.05) is 6.08 Å². The minimum Gasteiger partial charge on any atom is -1.00 e. The smallest absolute Gasteiger partial charge is 0.169 e. The second kappa shape index (κ2) is 5.85. The molecule has 3 heteroatoms. The monoisotopic (exact) mass is 289 g/mol. The maximum Gasteiger partial charge on any atom is 0.169 e. The molecule has 0 atom stereocenters. The quantitative estimate of drug-likeness (QED) is 0.355. The maximum absolute atomic E-state index is 10.6. The summed E-state index contributed by atoms with van der Waals surface area (Å²) in [4.78, 5) is 10.6. The third kappa shape index (κ3) is 4.77. The molecule has 1 aromatic heterocycles. The molecule has 0 spiro atoms. The summed E-state index contributed by atoms with van der Waals surface area (Å²) in [6.45, 7) is 1.54. The number of aryl methyl sites for hydroxylation is 1. The molecule has 0 saturated carbocycles. The number of nitrogens with zero attached hydrogens (tertiary/aromatic N) is 1. The van der Waals surface area contributed by atoms with E-state index >= 15 is 0 Å². The molecular weight excluding hydrogens is 277 g/mol. The van der Waals surface area contributed by atoms with Crippen molar-refractivity contribution in [2.75, 3.05) is 0 Å². The number of aromatic nitrogens is 1. The minimum atomic E-state index is 0. The van der Waals surface area contributed by atoms with Crippen LogP contribution in [0.1, 0.15) is 12.5 Å². The fourth-order valence-corrected chi connectivity index (χ4v) is 0.837. The number of hydrogen-bond donors (Lipinski definition) is 0. The zero-order valence-electron chi connectivity index (χ0n) is 7.70. The number of carbonyl (C=O) groups is 1. The molecule has 70 valence electrons. The van der Waals surface area contributed by atoms with Gasteiger partial charge in [-0.2, -0.15) is 0 Å². The Morgan fingerprint density at radius 2 is 1.92 bits per heavy atom. The van der Waals surface area contributed by atoms with E-state index in [1.807, 2.05) is 42.2 Å². The highest BCUT2D eigenvalue weighted by atomic mass is 127. The van der Waals surface area contributed by atoms with Gasteiger partial charge in [-0.25, -0.2) is 4.57 Å². The Bertz CT molecular complexity index is 303. The van der Waals surface area contributed by atoms with Gasteiger partial charge >= 0.3 is 0 Å². The number of rotatable bonds is 2. The highest BCUT2D eigenvalue weighted by Crippen LogP contribution is 1.97. The van der Waals surface area contributed by atoms with Crippen LogP contribution in [0.2, 0.25) is 0 Å². The lowest BCUT2D eigenvalue weighted by molar-refractivity contribution is -0.671. The van der Waals surface area contributed by atoms with Crippen molar-refractivity contribution >= 4 is 11.9 Å². The molecule has 0 fully saturated rings. The molecule has 0 unspecified atom stereocenters. The van der Waals surface area contributed by atoms with Crippen LogP contribution >= 0.6 is 0 Å². The van der Waals surface area contributed by atoms with Crippen molar-refractivity contribution in [3.05, 3.63) is 36.2 Å². The first-order chi connectivity index (χ1) is 5.68. The Balaban J connectivity index is 0.00000144. The molecule has 0 radical (unpaired) electrons. The molecule has 2 nitrogen and oxygen atoms in total. The molecule has 0 bridgehead atoms. The Morgan fingerprint density at radius 3 is 2.38 bits per heavy atom. The molecule has 0 aromatic carbocycles. The minimum absolute atomic E-state index is 0. The van der Waals surface area contributed by atoms with Crippen molar-refractivity contribution in [3.8, 4) is 0 Å². The molecule has 1 aromatic rings. The summed E-state index contributed by atoms with van der Waals surface area (Å²) in [6.07, 6.45) is 7.26. The first-order valence-electron chi connectivity index (χ1n) is 3.82. The fourth-order valence-electron chi connectivity index (χ4n) is 0.837. The van der Waals surface area contributed by atoms with Gasteiger partial charge in [0, 0.05) is 12.1 Å². The Labute approximate surface area is 95.3 Å². The number of hydrogen-bond acceptors (Lipinski definition) is 1. The molecule has 13 heavy (non-hydrogen) atoms. The SMILES string of the molecule is CC(=O)/C=C\c1cc[n+](C)cc1.[I-]. The average molecular weight is 289 g/mol. The predicted octanol–water partition coefficient (Wildman–Crippen LogP) is -1.88. The molecule has 0 amide bonds. The van der Waals surface area contributed by atoms with Gasteiger partial charge < -0.3 is 24.0 Å². The topological polar surface area (TPSA) is 20.9 Å². The van der Waals surface area contributed by atoms with Crippen molar-refractivity contribution in [3.63, 3.8) is 0 Å². The summed E-state index contributed by atoms with van der Waals surface area (Å²) in [6, 6.07) is 3.92. The zero-order valence-corrected chi connectivity index (χ0v) is 9.86. The van der Waals surface area contributed by atoms with E-state index in [0.29, 0.717) is 0 Å². The van der Waals surface area contributed by atoms with Crippen LogP contribution in [0.4, 0.5) is 0 Å². The van der Waals surface area contributed by atoms with E-state index in [2.05, 4.69) is 0 Å². The van der Waals surface area contributed by atoms with Crippen molar-refractivity contribution in [2.45, 2.75) is 6.92 Å². The molecular formula is C10H12INO. The van der Waals surface area contributed by atoms with Crippen LogP contribution in [-0.2, 0) is 11.8 Å². The molecule has 0 N–H and O–H groups in total. The van der Waals surface area contributed by atoms with Crippen molar-refractivity contribution in [1.82, 2.24) is 0 Å². The average Bonchev–Trinajstić information content (AvgIpc) is 2.03. The Hall–Kier alpha value is -0.710. The molecule has 0 aliphatic rings. The summed E-state index contributed by atoms with van der Waals surface area (Å²) in [5.41, 5.74) is 1.04. The number of carbonyl (C=O) groups excluding carboxylic acids is 1. The van der Waals surface area contributed by atoms with E-state index in [1.165, 1.54) is 0 Å². The van der Waals surface area contributed by atoms with E-state index in [4.69, 9.17) is 0 Å². The highest BCUT2D eigenvalue weighted by molar-refractivity contribution is 5.91. The van der Waals surface area contributed by atoms with E-state index in [9.17, 15) is 4.79 Å². The second-order valence-corrected chi connectivity index (χ2v) is 2.74. The normalized spacial score (nSPS) is 9.69. The van der Waals surface area contributed by atoms with Gasteiger partial charge in [0.25, 0.3) is 0 Å².